The average Bonchev–Trinajstić information content (AvgIpc) is 2.22. The normalized spacial score (nSPS) is 13.0. The Kier molecular flexibility index (Phi) is 4.83. The van der Waals surface area contributed by atoms with Gasteiger partial charge in [0.25, 0.3) is 0 Å². The molecule has 0 aliphatic heterocycles. The third-order valence-electron chi connectivity index (χ3n) is 2.48. The molecule has 0 bridgehead atoms. The lowest BCUT2D eigenvalue weighted by molar-refractivity contribution is 0.0600. The third kappa shape index (κ3) is 3.71. The van der Waals surface area contributed by atoms with Crippen molar-refractivity contribution in [1.29, 1.82) is 0 Å². The van der Waals surface area contributed by atoms with Crippen molar-refractivity contribution in [3.63, 3.8) is 0 Å². The second kappa shape index (κ2) is 5.71. The molecule has 0 unspecified atom stereocenters. The van der Waals surface area contributed by atoms with Crippen LogP contribution >= 0.6 is 0 Å². The maximum atomic E-state index is 13.6. The van der Waals surface area contributed by atoms with Gasteiger partial charge >= 0.3 is 0 Å². The highest BCUT2D eigenvalue weighted by Gasteiger charge is 2.33. The summed E-state index contributed by atoms with van der Waals surface area (Å²) in [6, 6.07) is 0.599. The van der Waals surface area contributed by atoms with E-state index in [0.717, 1.165) is 4.31 Å². The van der Waals surface area contributed by atoms with E-state index in [1.165, 1.54) is 20.8 Å². The number of aliphatic hydroxyl groups is 1. The number of sulfonamides is 1. The quantitative estimate of drug-likeness (QED) is 0.903. The van der Waals surface area contributed by atoms with Crippen molar-refractivity contribution >= 4 is 10.0 Å². The van der Waals surface area contributed by atoms with Crippen molar-refractivity contribution in [3.05, 3.63) is 29.6 Å². The maximum absolute atomic E-state index is 13.6. The predicted octanol–water partition coefficient (Wildman–Crippen LogP) is 1.89. The van der Waals surface area contributed by atoms with E-state index in [4.69, 9.17) is 0 Å². The fraction of sp³-hybridized carbons (Fsp3) is 0.500. The molecule has 0 saturated carbocycles. The van der Waals surface area contributed by atoms with Gasteiger partial charge < -0.3 is 5.11 Å². The summed E-state index contributed by atoms with van der Waals surface area (Å²) in [6.07, 6.45) is 0. The smallest absolute Gasteiger partial charge is 0.249 e. The van der Waals surface area contributed by atoms with E-state index in [9.17, 15) is 26.7 Å². The van der Waals surface area contributed by atoms with Gasteiger partial charge in [0, 0.05) is 25.2 Å². The Balaban J connectivity index is 3.35. The monoisotopic (exact) mass is 311 g/mol. The molecule has 0 fully saturated rings. The van der Waals surface area contributed by atoms with Gasteiger partial charge in [0.05, 0.1) is 5.60 Å². The van der Waals surface area contributed by atoms with Crippen molar-refractivity contribution in [2.24, 2.45) is 0 Å². The summed E-state index contributed by atoms with van der Waals surface area (Å²) in [5.41, 5.74) is -1.38. The minimum atomic E-state index is -4.51. The van der Waals surface area contributed by atoms with Crippen molar-refractivity contribution in [2.45, 2.75) is 31.3 Å². The lowest BCUT2D eigenvalue weighted by Crippen LogP contribution is -2.42. The highest BCUT2D eigenvalue weighted by atomic mass is 32.2. The highest BCUT2D eigenvalue weighted by Crippen LogP contribution is 2.24. The Hall–Kier alpha value is -1.12. The molecule has 0 aliphatic carbocycles. The Labute approximate surface area is 115 Å². The number of halogens is 3. The minimum Gasteiger partial charge on any atom is -0.389 e. The number of nitrogens with zero attached hydrogens (tertiary/aromatic N) is 1. The fourth-order valence-electron chi connectivity index (χ4n) is 1.70. The second-order valence-corrected chi connectivity index (χ2v) is 6.82. The van der Waals surface area contributed by atoms with Crippen LogP contribution in [0.4, 0.5) is 13.2 Å². The first-order chi connectivity index (χ1) is 8.99. The summed E-state index contributed by atoms with van der Waals surface area (Å²) in [4.78, 5) is -1.22. The number of likely N-dealkylation sites (N-methyl/N-ethyl adjacent to an activating group) is 1. The number of hydrogen-bond acceptors (Lipinski definition) is 3. The number of rotatable bonds is 5. The zero-order chi connectivity index (χ0) is 15.7. The molecule has 1 rings (SSSR count). The molecule has 0 radical (unpaired) electrons. The Morgan fingerprint density at radius 1 is 1.20 bits per heavy atom. The first-order valence-electron chi connectivity index (χ1n) is 5.86. The van der Waals surface area contributed by atoms with Crippen LogP contribution in [0, 0.1) is 17.5 Å². The number of benzene rings is 1. The maximum Gasteiger partial charge on any atom is 0.249 e. The molecule has 20 heavy (non-hydrogen) atoms. The molecule has 0 amide bonds. The van der Waals surface area contributed by atoms with Gasteiger partial charge in [0.1, 0.15) is 17.5 Å². The SMILES string of the molecule is CCN(CC(C)(C)O)S(=O)(=O)c1c(F)cc(F)cc1F. The predicted molar refractivity (Wildman–Crippen MR) is 67.0 cm³/mol. The molecule has 0 atom stereocenters. The van der Waals surface area contributed by atoms with Gasteiger partial charge in [-0.05, 0) is 13.8 Å². The molecule has 1 N–H and O–H groups in total. The van der Waals surface area contributed by atoms with E-state index in [2.05, 4.69) is 0 Å². The van der Waals surface area contributed by atoms with Gasteiger partial charge in [0.2, 0.25) is 10.0 Å². The largest absolute Gasteiger partial charge is 0.389 e. The summed E-state index contributed by atoms with van der Waals surface area (Å²) >= 11 is 0. The summed E-state index contributed by atoms with van der Waals surface area (Å²) in [5.74, 6) is -4.21. The minimum absolute atomic E-state index is 0.0947. The Bertz CT molecular complexity index is 573. The molecule has 8 heteroatoms. The summed E-state index contributed by atoms with van der Waals surface area (Å²) < 4.78 is 65.1. The molecule has 4 nitrogen and oxygen atoms in total. The van der Waals surface area contributed by atoms with Crippen molar-refractivity contribution in [2.75, 3.05) is 13.1 Å². The van der Waals surface area contributed by atoms with E-state index in [1.54, 1.807) is 0 Å². The van der Waals surface area contributed by atoms with Gasteiger partial charge in [0.15, 0.2) is 4.90 Å². The average molecular weight is 311 g/mol. The van der Waals surface area contributed by atoms with Crippen molar-refractivity contribution < 1.29 is 26.7 Å². The molecule has 0 aromatic heterocycles. The van der Waals surface area contributed by atoms with E-state index in [0.29, 0.717) is 12.1 Å². The summed E-state index contributed by atoms with van der Waals surface area (Å²) in [6.45, 7) is 3.75. The topological polar surface area (TPSA) is 57.6 Å². The molecule has 1 aromatic rings. The van der Waals surface area contributed by atoms with E-state index < -0.39 is 38.0 Å². The molecule has 1 aromatic carbocycles. The summed E-state index contributed by atoms with van der Waals surface area (Å²) in [5, 5.41) is 9.66. The van der Waals surface area contributed by atoms with E-state index in [-0.39, 0.29) is 13.1 Å². The van der Waals surface area contributed by atoms with E-state index >= 15 is 0 Å². The second-order valence-electron chi connectivity index (χ2n) is 4.94. The van der Waals surface area contributed by atoms with Gasteiger partial charge in [-0.25, -0.2) is 21.6 Å². The highest BCUT2D eigenvalue weighted by molar-refractivity contribution is 7.89. The molecular weight excluding hydrogens is 295 g/mol. The summed E-state index contributed by atoms with van der Waals surface area (Å²) in [7, 11) is -4.51. The molecular formula is C12H16F3NO3S. The Morgan fingerprint density at radius 2 is 1.65 bits per heavy atom. The first-order valence-corrected chi connectivity index (χ1v) is 7.30. The van der Waals surface area contributed by atoms with Gasteiger partial charge in [-0.2, -0.15) is 4.31 Å². The molecule has 0 heterocycles. The van der Waals surface area contributed by atoms with Crippen LogP contribution in [0.3, 0.4) is 0 Å². The van der Waals surface area contributed by atoms with Crippen molar-refractivity contribution in [3.8, 4) is 0 Å². The van der Waals surface area contributed by atoms with Crippen LogP contribution in [0.15, 0.2) is 17.0 Å². The molecule has 0 saturated heterocycles. The first kappa shape index (κ1) is 16.9. The zero-order valence-corrected chi connectivity index (χ0v) is 12.1. The van der Waals surface area contributed by atoms with Crippen LogP contribution in [0.5, 0.6) is 0 Å². The lowest BCUT2D eigenvalue weighted by atomic mass is 10.1. The van der Waals surface area contributed by atoms with Crippen LogP contribution in [0.2, 0.25) is 0 Å². The van der Waals surface area contributed by atoms with Crippen LogP contribution in [0.1, 0.15) is 20.8 Å². The standard InChI is InChI=1S/C12H16F3NO3S/c1-4-16(7-12(2,3)17)20(18,19)11-9(14)5-8(13)6-10(11)15/h5-6,17H,4,7H2,1-3H3. The van der Waals surface area contributed by atoms with Crippen LogP contribution in [-0.4, -0.2) is 36.5 Å². The van der Waals surface area contributed by atoms with Gasteiger partial charge in [-0.1, -0.05) is 6.92 Å². The van der Waals surface area contributed by atoms with Crippen molar-refractivity contribution in [1.82, 2.24) is 4.31 Å². The molecule has 114 valence electrons. The molecule has 0 aliphatic rings. The van der Waals surface area contributed by atoms with Crippen LogP contribution in [0.25, 0.3) is 0 Å². The van der Waals surface area contributed by atoms with Gasteiger partial charge in [-0.3, -0.25) is 0 Å². The van der Waals surface area contributed by atoms with Crippen LogP contribution in [-0.2, 0) is 10.0 Å². The van der Waals surface area contributed by atoms with E-state index in [1.807, 2.05) is 0 Å². The van der Waals surface area contributed by atoms with Crippen LogP contribution < -0.4 is 0 Å². The number of hydrogen-bond donors (Lipinski definition) is 1. The van der Waals surface area contributed by atoms with Gasteiger partial charge in [-0.15, -0.1) is 0 Å². The lowest BCUT2D eigenvalue weighted by Gasteiger charge is -2.27. The zero-order valence-electron chi connectivity index (χ0n) is 11.3. The third-order valence-corrected chi connectivity index (χ3v) is 4.45. The molecule has 0 spiro atoms. The Morgan fingerprint density at radius 3 is 2.00 bits per heavy atom. The fourth-order valence-corrected chi connectivity index (χ4v) is 3.40.